The highest BCUT2D eigenvalue weighted by Gasteiger charge is 2.33. The van der Waals surface area contributed by atoms with Gasteiger partial charge in [-0.15, -0.1) is 0 Å². The first-order valence-electron chi connectivity index (χ1n) is 8.67. The Morgan fingerprint density at radius 1 is 1.11 bits per heavy atom. The molecule has 0 unspecified atom stereocenters. The molecular weight excluding hydrogens is 344 g/mol. The predicted molar refractivity (Wildman–Crippen MR) is 98.5 cm³/mol. The number of fused-ring (bicyclic) bond motifs is 2. The van der Waals surface area contributed by atoms with Crippen molar-refractivity contribution >= 4 is 22.7 Å². The molecule has 2 aliphatic heterocycles. The molecule has 1 atom stereocenters. The van der Waals surface area contributed by atoms with Gasteiger partial charge in [0.05, 0.1) is 22.8 Å². The molecule has 1 aromatic heterocycles. The van der Waals surface area contributed by atoms with Crippen molar-refractivity contribution in [1.82, 2.24) is 15.0 Å². The van der Waals surface area contributed by atoms with Crippen LogP contribution in [0.3, 0.4) is 0 Å². The lowest BCUT2D eigenvalue weighted by molar-refractivity contribution is -0.130. The molecule has 7 heteroatoms. The Kier molecular flexibility index (Phi) is 3.53. The largest absolute Gasteiger partial charge is 0.454 e. The summed E-state index contributed by atoms with van der Waals surface area (Å²) in [6.45, 7) is 1.75. The van der Waals surface area contributed by atoms with Crippen LogP contribution in [0.5, 0.6) is 11.5 Å². The highest BCUT2D eigenvalue weighted by atomic mass is 16.7. The number of hydrogen-bond acceptors (Lipinski definition) is 6. The molecule has 3 heterocycles. The van der Waals surface area contributed by atoms with Gasteiger partial charge < -0.3 is 9.47 Å². The summed E-state index contributed by atoms with van der Waals surface area (Å²) < 4.78 is 10.8. The van der Waals surface area contributed by atoms with Crippen molar-refractivity contribution in [2.45, 2.75) is 19.4 Å². The third-order valence-electron chi connectivity index (χ3n) is 4.83. The molecule has 5 rings (SSSR count). The third kappa shape index (κ3) is 2.59. The van der Waals surface area contributed by atoms with Crippen molar-refractivity contribution in [3.8, 4) is 11.5 Å². The first-order chi connectivity index (χ1) is 13.2. The number of benzene rings is 2. The van der Waals surface area contributed by atoms with Crippen molar-refractivity contribution in [2.24, 2.45) is 5.10 Å². The van der Waals surface area contributed by atoms with Crippen molar-refractivity contribution in [3.05, 3.63) is 59.9 Å². The quantitative estimate of drug-likeness (QED) is 0.702. The Bertz CT molecular complexity index is 1090. The molecule has 7 nitrogen and oxygen atoms in total. The van der Waals surface area contributed by atoms with E-state index in [9.17, 15) is 4.79 Å². The maximum atomic E-state index is 12.3. The van der Waals surface area contributed by atoms with Gasteiger partial charge in [-0.3, -0.25) is 14.8 Å². The van der Waals surface area contributed by atoms with E-state index in [1.165, 1.54) is 11.9 Å². The Morgan fingerprint density at radius 2 is 1.96 bits per heavy atom. The van der Waals surface area contributed by atoms with Crippen molar-refractivity contribution in [1.29, 1.82) is 0 Å². The minimum absolute atomic E-state index is 0.114. The standard InChI is InChI=1S/C20H16N4O3/c1-12(25)24-17(14-3-2-4-15-20(14)22-8-7-21-15)10-16(23-24)13-5-6-18-19(9-13)27-11-26-18/h2-9,17H,10-11H2,1H3/t17-/m0/s1. The van der Waals surface area contributed by atoms with E-state index in [1.54, 1.807) is 12.4 Å². The van der Waals surface area contributed by atoms with Gasteiger partial charge >= 0.3 is 0 Å². The summed E-state index contributed by atoms with van der Waals surface area (Å²) in [6.07, 6.45) is 3.92. The number of hydrogen-bond donors (Lipinski definition) is 0. The molecule has 0 radical (unpaired) electrons. The summed E-state index contributed by atoms with van der Waals surface area (Å²) in [7, 11) is 0. The topological polar surface area (TPSA) is 76.9 Å². The van der Waals surface area contributed by atoms with E-state index in [0.717, 1.165) is 33.6 Å². The number of aromatic nitrogens is 2. The maximum absolute atomic E-state index is 12.3. The average molecular weight is 360 g/mol. The first kappa shape index (κ1) is 15.7. The molecule has 0 bridgehead atoms. The van der Waals surface area contributed by atoms with Crippen molar-refractivity contribution in [2.75, 3.05) is 6.79 Å². The Hall–Kier alpha value is -3.48. The van der Waals surface area contributed by atoms with Crippen molar-refractivity contribution in [3.63, 3.8) is 0 Å². The summed E-state index contributed by atoms with van der Waals surface area (Å²) in [5, 5.41) is 6.13. The molecule has 3 aromatic rings. The number of ether oxygens (including phenoxy) is 2. The fourth-order valence-corrected chi connectivity index (χ4v) is 3.58. The van der Waals surface area contributed by atoms with Crippen LogP contribution in [0.25, 0.3) is 11.0 Å². The number of hydrazone groups is 1. The van der Waals surface area contributed by atoms with E-state index in [0.29, 0.717) is 12.2 Å². The van der Waals surface area contributed by atoms with Gasteiger partial charge in [-0.25, -0.2) is 5.01 Å². The zero-order valence-corrected chi connectivity index (χ0v) is 14.6. The second kappa shape index (κ2) is 6.05. The number of rotatable bonds is 2. The van der Waals surface area contributed by atoms with Gasteiger partial charge in [-0.1, -0.05) is 12.1 Å². The summed E-state index contributed by atoms with van der Waals surface area (Å²) in [5.74, 6) is 1.31. The maximum Gasteiger partial charge on any atom is 0.240 e. The van der Waals surface area contributed by atoms with Gasteiger partial charge in [0.1, 0.15) is 0 Å². The highest BCUT2D eigenvalue weighted by molar-refractivity contribution is 6.04. The summed E-state index contributed by atoms with van der Waals surface area (Å²) in [6, 6.07) is 11.3. The van der Waals surface area contributed by atoms with Crippen LogP contribution in [0.2, 0.25) is 0 Å². The minimum Gasteiger partial charge on any atom is -0.454 e. The molecule has 2 aliphatic rings. The number of para-hydroxylation sites is 1. The lowest BCUT2D eigenvalue weighted by Crippen LogP contribution is -2.24. The lowest BCUT2D eigenvalue weighted by Gasteiger charge is -2.21. The Balaban J connectivity index is 1.56. The van der Waals surface area contributed by atoms with Gasteiger partial charge in [0, 0.05) is 36.9 Å². The molecule has 0 aliphatic carbocycles. The molecule has 0 N–H and O–H groups in total. The molecule has 0 spiro atoms. The van der Waals surface area contributed by atoms with E-state index in [1.807, 2.05) is 36.4 Å². The normalized spacial score (nSPS) is 18.0. The van der Waals surface area contributed by atoms with Crippen LogP contribution in [0, 0.1) is 0 Å². The summed E-state index contributed by atoms with van der Waals surface area (Å²) >= 11 is 0. The zero-order chi connectivity index (χ0) is 18.4. The number of carbonyl (C=O) groups is 1. The van der Waals surface area contributed by atoms with Gasteiger partial charge in [-0.2, -0.15) is 5.10 Å². The van der Waals surface area contributed by atoms with Crippen LogP contribution >= 0.6 is 0 Å². The van der Waals surface area contributed by atoms with Crippen LogP contribution in [0.15, 0.2) is 53.9 Å². The van der Waals surface area contributed by atoms with Crippen molar-refractivity contribution < 1.29 is 14.3 Å². The molecule has 134 valence electrons. The Morgan fingerprint density at radius 3 is 2.85 bits per heavy atom. The van der Waals surface area contributed by atoms with E-state index in [-0.39, 0.29) is 18.7 Å². The molecule has 2 aromatic carbocycles. The molecule has 1 amide bonds. The van der Waals surface area contributed by atoms with Crippen LogP contribution in [-0.4, -0.2) is 33.4 Å². The van der Waals surface area contributed by atoms with Crippen LogP contribution in [0.4, 0.5) is 0 Å². The van der Waals surface area contributed by atoms with E-state index in [4.69, 9.17) is 9.47 Å². The second-order valence-electron chi connectivity index (χ2n) is 6.47. The molecule has 0 saturated carbocycles. The minimum atomic E-state index is -0.219. The smallest absolute Gasteiger partial charge is 0.240 e. The molecular formula is C20H16N4O3. The molecule has 27 heavy (non-hydrogen) atoms. The van der Waals surface area contributed by atoms with Gasteiger partial charge in [0.2, 0.25) is 12.7 Å². The first-order valence-corrected chi connectivity index (χ1v) is 8.67. The molecule has 0 fully saturated rings. The number of amides is 1. The average Bonchev–Trinajstić information content (AvgIpc) is 3.34. The third-order valence-corrected chi connectivity index (χ3v) is 4.83. The summed E-state index contributed by atoms with van der Waals surface area (Å²) in [5.41, 5.74) is 4.28. The SMILES string of the molecule is CC(=O)N1N=C(c2ccc3c(c2)OCO3)C[C@H]1c1cccc2nccnc12. The summed E-state index contributed by atoms with van der Waals surface area (Å²) in [4.78, 5) is 21.1. The fourth-order valence-electron chi connectivity index (χ4n) is 3.58. The van der Waals surface area contributed by atoms with Gasteiger partial charge in [0.15, 0.2) is 11.5 Å². The number of nitrogens with zero attached hydrogens (tertiary/aromatic N) is 4. The van der Waals surface area contributed by atoms with E-state index >= 15 is 0 Å². The van der Waals surface area contributed by atoms with Crippen LogP contribution < -0.4 is 9.47 Å². The monoisotopic (exact) mass is 360 g/mol. The van der Waals surface area contributed by atoms with Crippen LogP contribution in [-0.2, 0) is 4.79 Å². The van der Waals surface area contributed by atoms with E-state index < -0.39 is 0 Å². The van der Waals surface area contributed by atoms with Crippen LogP contribution in [0.1, 0.15) is 30.5 Å². The molecule has 0 saturated heterocycles. The second-order valence-corrected chi connectivity index (χ2v) is 6.47. The number of carbonyl (C=O) groups excluding carboxylic acids is 1. The lowest BCUT2D eigenvalue weighted by atomic mass is 9.97. The van der Waals surface area contributed by atoms with Gasteiger partial charge in [-0.05, 0) is 24.3 Å². The fraction of sp³-hybridized carbons (Fsp3) is 0.200. The highest BCUT2D eigenvalue weighted by Crippen LogP contribution is 2.38. The van der Waals surface area contributed by atoms with Gasteiger partial charge in [0.25, 0.3) is 0 Å². The predicted octanol–water partition coefficient (Wildman–Crippen LogP) is 3.06. The zero-order valence-electron chi connectivity index (χ0n) is 14.6. The van der Waals surface area contributed by atoms with E-state index in [2.05, 4.69) is 15.1 Å². The Labute approximate surface area is 155 Å².